The highest BCUT2D eigenvalue weighted by molar-refractivity contribution is 8.04. The maximum Gasteiger partial charge on any atom is 0.260 e. The molecule has 2 aromatic rings. The zero-order chi connectivity index (χ0) is 25.7. The second-order valence-electron chi connectivity index (χ2n) is 9.17. The Morgan fingerprint density at radius 2 is 1.89 bits per heavy atom. The van der Waals surface area contributed by atoms with Gasteiger partial charge in [-0.15, -0.1) is 11.8 Å². The van der Waals surface area contributed by atoms with Gasteiger partial charge in [0.15, 0.2) is 11.5 Å². The van der Waals surface area contributed by atoms with Gasteiger partial charge in [-0.05, 0) is 67.2 Å². The Labute approximate surface area is 217 Å². The number of hydrogen-bond acceptors (Lipinski definition) is 6. The van der Waals surface area contributed by atoms with E-state index >= 15 is 0 Å². The van der Waals surface area contributed by atoms with Crippen molar-refractivity contribution in [3.63, 3.8) is 0 Å². The van der Waals surface area contributed by atoms with E-state index in [0.29, 0.717) is 36.1 Å². The third kappa shape index (κ3) is 5.81. The Morgan fingerprint density at radius 3 is 2.64 bits per heavy atom. The minimum absolute atomic E-state index is 0.0126. The van der Waals surface area contributed by atoms with Crippen LogP contribution in [0.4, 0.5) is 0 Å². The molecule has 7 nitrogen and oxygen atoms in total. The van der Waals surface area contributed by atoms with E-state index < -0.39 is 0 Å². The van der Waals surface area contributed by atoms with E-state index in [1.54, 1.807) is 33.1 Å². The fraction of sp³-hybridized carbons (Fsp3) is 0.429. The van der Waals surface area contributed by atoms with Crippen LogP contribution in [-0.4, -0.2) is 62.9 Å². The van der Waals surface area contributed by atoms with Crippen LogP contribution in [0.2, 0.25) is 0 Å². The van der Waals surface area contributed by atoms with Gasteiger partial charge < -0.3 is 24.4 Å². The normalized spacial score (nSPS) is 22.7. The molecule has 0 bridgehead atoms. The fourth-order valence-corrected chi connectivity index (χ4v) is 6.41. The largest absolute Gasteiger partial charge is 0.497 e. The third-order valence-electron chi connectivity index (χ3n) is 6.98. The number of nitrogens with one attached hydrogen (secondary N) is 1. The number of benzene rings is 2. The van der Waals surface area contributed by atoms with Crippen molar-refractivity contribution in [3.8, 4) is 17.2 Å². The molecular weight excluding hydrogens is 476 g/mol. The number of rotatable bonds is 8. The van der Waals surface area contributed by atoms with Crippen LogP contribution in [-0.2, 0) is 16.0 Å². The van der Waals surface area contributed by atoms with E-state index in [4.69, 9.17) is 14.2 Å². The van der Waals surface area contributed by atoms with E-state index in [-0.39, 0.29) is 23.8 Å². The lowest BCUT2D eigenvalue weighted by molar-refractivity contribution is -0.131. The van der Waals surface area contributed by atoms with Crippen molar-refractivity contribution in [2.45, 2.75) is 37.0 Å². The minimum atomic E-state index is -0.0867. The van der Waals surface area contributed by atoms with Gasteiger partial charge in [0.2, 0.25) is 5.91 Å². The number of likely N-dealkylation sites (N-methyl/N-ethyl adjacent to an activating group) is 1. The van der Waals surface area contributed by atoms with Gasteiger partial charge in [-0.1, -0.05) is 18.2 Å². The van der Waals surface area contributed by atoms with Crippen molar-refractivity contribution in [1.82, 2.24) is 10.2 Å². The molecule has 1 aliphatic heterocycles. The van der Waals surface area contributed by atoms with Gasteiger partial charge in [0, 0.05) is 30.8 Å². The van der Waals surface area contributed by atoms with Crippen molar-refractivity contribution in [2.75, 3.05) is 34.9 Å². The highest BCUT2D eigenvalue weighted by Gasteiger charge is 2.42. The second kappa shape index (κ2) is 11.7. The number of fused-ring (bicyclic) bond motifs is 1. The smallest absolute Gasteiger partial charge is 0.260 e. The summed E-state index contributed by atoms with van der Waals surface area (Å²) >= 11 is 1.65. The van der Waals surface area contributed by atoms with Crippen molar-refractivity contribution in [2.24, 2.45) is 5.92 Å². The molecule has 0 aromatic heterocycles. The molecule has 4 rings (SSSR count). The van der Waals surface area contributed by atoms with Gasteiger partial charge in [0.05, 0.1) is 26.2 Å². The summed E-state index contributed by atoms with van der Waals surface area (Å²) < 4.78 is 16.0. The maximum atomic E-state index is 13.1. The first-order chi connectivity index (χ1) is 17.4. The number of carbonyl (C=O) groups excluding carboxylic acids is 2. The monoisotopic (exact) mass is 510 g/mol. The van der Waals surface area contributed by atoms with Gasteiger partial charge in [0.1, 0.15) is 5.75 Å². The summed E-state index contributed by atoms with van der Waals surface area (Å²) in [7, 11) is 6.72. The number of thioether (sulfide) groups is 1. The molecule has 2 aromatic carbocycles. The quantitative estimate of drug-likeness (QED) is 0.538. The van der Waals surface area contributed by atoms with Gasteiger partial charge in [-0.3, -0.25) is 9.59 Å². The molecule has 0 spiro atoms. The molecule has 1 heterocycles. The van der Waals surface area contributed by atoms with Crippen molar-refractivity contribution in [3.05, 3.63) is 58.5 Å². The SMILES string of the molecule is COc1cccc(/C=C2\SC3CCC(C(=O)NCCc4ccc(OC)c(OC)c4)CC3N(C)C2=O)c1. The lowest BCUT2D eigenvalue weighted by atomic mass is 9.83. The van der Waals surface area contributed by atoms with E-state index in [1.165, 1.54) is 0 Å². The third-order valence-corrected chi connectivity index (χ3v) is 8.38. The highest BCUT2D eigenvalue weighted by atomic mass is 32.2. The molecule has 192 valence electrons. The molecule has 36 heavy (non-hydrogen) atoms. The van der Waals surface area contributed by atoms with Crippen LogP contribution in [0.1, 0.15) is 30.4 Å². The van der Waals surface area contributed by atoms with Gasteiger partial charge in [-0.25, -0.2) is 0 Å². The van der Waals surface area contributed by atoms with Crippen LogP contribution < -0.4 is 19.5 Å². The predicted molar refractivity (Wildman–Crippen MR) is 143 cm³/mol. The minimum Gasteiger partial charge on any atom is -0.497 e. The average Bonchev–Trinajstić information content (AvgIpc) is 2.91. The van der Waals surface area contributed by atoms with Crippen LogP contribution >= 0.6 is 11.8 Å². The molecule has 1 saturated heterocycles. The Balaban J connectivity index is 1.33. The molecule has 1 saturated carbocycles. The van der Waals surface area contributed by atoms with E-state index in [2.05, 4.69) is 5.32 Å². The fourth-order valence-electron chi connectivity index (χ4n) is 4.93. The molecular formula is C28H34N2O5S. The van der Waals surface area contributed by atoms with E-state index in [9.17, 15) is 9.59 Å². The summed E-state index contributed by atoms with van der Waals surface area (Å²) in [4.78, 5) is 28.6. The van der Waals surface area contributed by atoms with Crippen molar-refractivity contribution in [1.29, 1.82) is 0 Å². The van der Waals surface area contributed by atoms with Crippen LogP contribution in [0.3, 0.4) is 0 Å². The maximum absolute atomic E-state index is 13.1. The summed E-state index contributed by atoms with van der Waals surface area (Å²) in [6.45, 7) is 0.551. The van der Waals surface area contributed by atoms with Crippen LogP contribution in [0.25, 0.3) is 6.08 Å². The van der Waals surface area contributed by atoms with Crippen molar-refractivity contribution < 1.29 is 23.8 Å². The zero-order valence-electron chi connectivity index (χ0n) is 21.3. The molecule has 2 fully saturated rings. The topological polar surface area (TPSA) is 77.1 Å². The first-order valence-electron chi connectivity index (χ1n) is 12.2. The molecule has 1 aliphatic carbocycles. The number of carbonyl (C=O) groups is 2. The van der Waals surface area contributed by atoms with E-state index in [0.717, 1.165) is 34.6 Å². The standard InChI is InChI=1S/C28H34N2O5S/c1-30-22-17-20(27(31)29-13-12-18-8-10-23(34-3)24(15-18)35-4)9-11-25(22)36-26(28(30)32)16-19-6-5-7-21(14-19)33-2/h5-8,10,14-16,20,22,25H,9,11-13,17H2,1-4H3,(H,29,31)/b26-16-. The summed E-state index contributed by atoms with van der Waals surface area (Å²) in [6, 6.07) is 13.6. The number of methoxy groups -OCH3 is 3. The Kier molecular flexibility index (Phi) is 8.46. The van der Waals surface area contributed by atoms with Crippen LogP contribution in [0.5, 0.6) is 17.2 Å². The van der Waals surface area contributed by atoms with E-state index in [1.807, 2.05) is 60.5 Å². The van der Waals surface area contributed by atoms with Crippen LogP contribution in [0, 0.1) is 5.92 Å². The summed E-state index contributed by atoms with van der Waals surface area (Å²) in [5.74, 6) is 2.13. The number of nitrogens with zero attached hydrogens (tertiary/aromatic N) is 1. The molecule has 2 aliphatic rings. The first-order valence-corrected chi connectivity index (χ1v) is 13.1. The molecule has 2 amide bonds. The summed E-state index contributed by atoms with van der Waals surface area (Å²) in [5.41, 5.74) is 2.01. The van der Waals surface area contributed by atoms with Crippen molar-refractivity contribution >= 4 is 29.7 Å². The molecule has 3 unspecified atom stereocenters. The van der Waals surface area contributed by atoms with Gasteiger partial charge in [0.25, 0.3) is 5.91 Å². The lowest BCUT2D eigenvalue weighted by Crippen LogP contribution is -2.52. The molecule has 0 radical (unpaired) electrons. The lowest BCUT2D eigenvalue weighted by Gasteiger charge is -2.44. The summed E-state index contributed by atoms with van der Waals surface area (Å²) in [5, 5.41) is 3.39. The number of ether oxygens (including phenoxy) is 3. The predicted octanol–water partition coefficient (Wildman–Crippen LogP) is 4.15. The van der Waals surface area contributed by atoms with Crippen LogP contribution in [0.15, 0.2) is 47.4 Å². The number of hydrogen-bond donors (Lipinski definition) is 1. The number of amides is 2. The average molecular weight is 511 g/mol. The molecule has 8 heteroatoms. The zero-order valence-corrected chi connectivity index (χ0v) is 22.1. The Hall–Kier alpha value is -3.13. The molecule has 1 N–H and O–H groups in total. The highest BCUT2D eigenvalue weighted by Crippen LogP contribution is 2.43. The Morgan fingerprint density at radius 1 is 1.08 bits per heavy atom. The second-order valence-corrected chi connectivity index (χ2v) is 10.4. The summed E-state index contributed by atoms with van der Waals surface area (Å²) in [6.07, 6.45) is 5.06. The first kappa shape index (κ1) is 25.9. The Bertz CT molecular complexity index is 1130. The van der Waals surface area contributed by atoms with Gasteiger partial charge in [-0.2, -0.15) is 0 Å². The molecule has 3 atom stereocenters. The van der Waals surface area contributed by atoms with Gasteiger partial charge >= 0.3 is 0 Å².